The highest BCUT2D eigenvalue weighted by molar-refractivity contribution is 5.78. The van der Waals surface area contributed by atoms with Gasteiger partial charge in [0, 0.05) is 6.54 Å². The van der Waals surface area contributed by atoms with Crippen molar-refractivity contribution < 1.29 is 9.53 Å². The Balaban J connectivity index is 1.50. The first kappa shape index (κ1) is 14.2. The lowest BCUT2D eigenvalue weighted by atomic mass is 9.89. The van der Waals surface area contributed by atoms with Crippen LogP contribution in [0.3, 0.4) is 0 Å². The zero-order valence-electron chi connectivity index (χ0n) is 12.5. The molecule has 5 heteroatoms. The molecule has 0 bridgehead atoms. The molecule has 2 saturated heterocycles. The van der Waals surface area contributed by atoms with Crippen molar-refractivity contribution in [2.75, 3.05) is 32.8 Å². The van der Waals surface area contributed by atoms with E-state index in [0.29, 0.717) is 13.2 Å². The number of urea groups is 1. The predicted molar refractivity (Wildman–Crippen MR) is 81.6 cm³/mol. The van der Waals surface area contributed by atoms with E-state index in [0.717, 1.165) is 38.2 Å². The van der Waals surface area contributed by atoms with Crippen molar-refractivity contribution >= 4 is 6.03 Å². The number of carbonyl (C=O) groups is 1. The lowest BCUT2D eigenvalue weighted by Crippen LogP contribution is -2.51. The summed E-state index contributed by atoms with van der Waals surface area (Å²) in [5.74, 6) is 0.867. The topological polar surface area (TPSA) is 53.6 Å². The Morgan fingerprint density at radius 2 is 2.14 bits per heavy atom. The number of aryl methyl sites for hydroxylation is 1. The van der Waals surface area contributed by atoms with Crippen LogP contribution < -0.4 is 15.4 Å². The van der Waals surface area contributed by atoms with Gasteiger partial charge in [-0.05, 0) is 50.6 Å². The minimum Gasteiger partial charge on any atom is -0.492 e. The lowest BCUT2D eigenvalue weighted by Gasteiger charge is -2.33. The zero-order valence-corrected chi connectivity index (χ0v) is 12.5. The molecule has 0 aliphatic carbocycles. The first-order valence-corrected chi connectivity index (χ1v) is 7.64. The maximum atomic E-state index is 12.1. The quantitative estimate of drug-likeness (QED) is 0.883. The van der Waals surface area contributed by atoms with Crippen LogP contribution in [0.25, 0.3) is 0 Å². The van der Waals surface area contributed by atoms with Gasteiger partial charge in [0.25, 0.3) is 0 Å². The van der Waals surface area contributed by atoms with Crippen LogP contribution in [0.15, 0.2) is 24.3 Å². The van der Waals surface area contributed by atoms with Gasteiger partial charge in [-0.15, -0.1) is 0 Å². The molecule has 0 unspecified atom stereocenters. The molecular weight excluding hydrogens is 266 g/mol. The Hall–Kier alpha value is -1.75. The molecule has 0 radical (unpaired) electrons. The molecule has 0 atom stereocenters. The highest BCUT2D eigenvalue weighted by atomic mass is 16.5. The van der Waals surface area contributed by atoms with E-state index in [1.165, 1.54) is 5.56 Å². The van der Waals surface area contributed by atoms with Crippen molar-refractivity contribution in [3.05, 3.63) is 29.8 Å². The van der Waals surface area contributed by atoms with Crippen LogP contribution in [0, 0.1) is 6.92 Å². The van der Waals surface area contributed by atoms with Crippen molar-refractivity contribution in [3.8, 4) is 5.75 Å². The fourth-order valence-electron chi connectivity index (χ4n) is 3.13. The van der Waals surface area contributed by atoms with Gasteiger partial charge < -0.3 is 20.3 Å². The van der Waals surface area contributed by atoms with E-state index >= 15 is 0 Å². The van der Waals surface area contributed by atoms with Gasteiger partial charge in [-0.2, -0.15) is 0 Å². The molecular formula is C16H23N3O2. The van der Waals surface area contributed by atoms with Gasteiger partial charge in [0.1, 0.15) is 12.4 Å². The summed E-state index contributed by atoms with van der Waals surface area (Å²) >= 11 is 0. The Bertz CT molecular complexity index is 512. The largest absolute Gasteiger partial charge is 0.492 e. The number of rotatable bonds is 4. The number of nitrogens with one attached hydrogen (secondary N) is 2. The Morgan fingerprint density at radius 1 is 1.33 bits per heavy atom. The van der Waals surface area contributed by atoms with E-state index < -0.39 is 0 Å². The van der Waals surface area contributed by atoms with Crippen LogP contribution in [-0.4, -0.2) is 49.3 Å². The molecule has 114 valence electrons. The molecule has 2 amide bonds. The molecule has 3 rings (SSSR count). The molecule has 0 aromatic heterocycles. The second-order valence-electron chi connectivity index (χ2n) is 6.05. The molecule has 1 aromatic carbocycles. The maximum Gasteiger partial charge on any atom is 0.318 e. The van der Waals surface area contributed by atoms with E-state index in [1.54, 1.807) is 0 Å². The minimum atomic E-state index is -0.0222. The summed E-state index contributed by atoms with van der Waals surface area (Å²) in [7, 11) is 0. The van der Waals surface area contributed by atoms with Gasteiger partial charge in [0.2, 0.25) is 0 Å². The van der Waals surface area contributed by atoms with Crippen molar-refractivity contribution in [3.63, 3.8) is 0 Å². The van der Waals surface area contributed by atoms with Crippen LogP contribution in [0.5, 0.6) is 5.75 Å². The summed E-state index contributed by atoms with van der Waals surface area (Å²) in [6, 6.07) is 8.03. The zero-order chi connectivity index (χ0) is 14.7. The van der Waals surface area contributed by atoms with Gasteiger partial charge in [0.15, 0.2) is 0 Å². The Kier molecular flexibility index (Phi) is 4.01. The van der Waals surface area contributed by atoms with Crippen molar-refractivity contribution in [2.24, 2.45) is 0 Å². The summed E-state index contributed by atoms with van der Waals surface area (Å²) in [5.41, 5.74) is 1.16. The third kappa shape index (κ3) is 3.29. The third-order valence-electron chi connectivity index (χ3n) is 4.33. The molecule has 2 heterocycles. The van der Waals surface area contributed by atoms with Crippen LogP contribution >= 0.6 is 0 Å². The summed E-state index contributed by atoms with van der Waals surface area (Å²) in [4.78, 5) is 14.0. The average Bonchev–Trinajstić information content (AvgIpc) is 2.75. The number of nitrogens with zero attached hydrogens (tertiary/aromatic N) is 1. The second kappa shape index (κ2) is 5.93. The Labute approximate surface area is 125 Å². The standard InChI is InChI=1S/C16H23N3O2/c1-13-3-2-4-14(11-13)21-10-9-19-12-16(18-15(19)20)5-7-17-8-6-16/h2-4,11,17H,5-10,12H2,1H3,(H,18,20). The normalized spacial score (nSPS) is 20.6. The number of carbonyl (C=O) groups excluding carboxylic acids is 1. The Morgan fingerprint density at radius 3 is 2.90 bits per heavy atom. The number of hydrogen-bond donors (Lipinski definition) is 2. The number of ether oxygens (including phenoxy) is 1. The fraction of sp³-hybridized carbons (Fsp3) is 0.562. The SMILES string of the molecule is Cc1cccc(OCCN2CC3(CCNCC3)NC2=O)c1. The van der Waals surface area contributed by atoms with Gasteiger partial charge in [-0.25, -0.2) is 4.79 Å². The van der Waals surface area contributed by atoms with E-state index in [9.17, 15) is 4.79 Å². The highest BCUT2D eigenvalue weighted by Crippen LogP contribution is 2.25. The summed E-state index contributed by atoms with van der Waals surface area (Å²) in [5, 5.41) is 6.51. The van der Waals surface area contributed by atoms with Crippen LogP contribution in [0.1, 0.15) is 18.4 Å². The molecule has 2 N–H and O–H groups in total. The molecule has 2 aliphatic rings. The van der Waals surface area contributed by atoms with E-state index in [2.05, 4.69) is 10.6 Å². The van der Waals surface area contributed by atoms with Crippen LogP contribution in [-0.2, 0) is 0 Å². The van der Waals surface area contributed by atoms with Gasteiger partial charge >= 0.3 is 6.03 Å². The molecule has 1 aromatic rings. The highest BCUT2D eigenvalue weighted by Gasteiger charge is 2.42. The van der Waals surface area contributed by atoms with E-state index in [1.807, 2.05) is 36.1 Å². The third-order valence-corrected chi connectivity index (χ3v) is 4.33. The molecule has 1 spiro atoms. The van der Waals surface area contributed by atoms with E-state index in [4.69, 9.17) is 4.74 Å². The first-order valence-electron chi connectivity index (χ1n) is 7.64. The fourth-order valence-corrected chi connectivity index (χ4v) is 3.13. The van der Waals surface area contributed by atoms with Crippen LogP contribution in [0.2, 0.25) is 0 Å². The smallest absolute Gasteiger partial charge is 0.318 e. The summed E-state index contributed by atoms with van der Waals surface area (Å²) in [6.07, 6.45) is 2.02. The second-order valence-corrected chi connectivity index (χ2v) is 6.05. The maximum absolute atomic E-state index is 12.1. The predicted octanol–water partition coefficient (Wildman–Crippen LogP) is 1.52. The minimum absolute atomic E-state index is 0.0222. The summed E-state index contributed by atoms with van der Waals surface area (Å²) in [6.45, 7) is 5.97. The molecule has 0 saturated carbocycles. The number of piperidine rings is 1. The monoisotopic (exact) mass is 289 g/mol. The number of benzene rings is 1. The van der Waals surface area contributed by atoms with Gasteiger partial charge in [0.05, 0.1) is 12.1 Å². The van der Waals surface area contributed by atoms with Crippen molar-refractivity contribution in [2.45, 2.75) is 25.3 Å². The molecule has 2 aliphatic heterocycles. The molecule has 5 nitrogen and oxygen atoms in total. The number of amides is 2. The first-order chi connectivity index (χ1) is 10.2. The molecule has 2 fully saturated rings. The van der Waals surface area contributed by atoms with Crippen molar-refractivity contribution in [1.29, 1.82) is 0 Å². The number of hydrogen-bond acceptors (Lipinski definition) is 3. The average molecular weight is 289 g/mol. The van der Waals surface area contributed by atoms with Crippen LogP contribution in [0.4, 0.5) is 4.79 Å². The van der Waals surface area contributed by atoms with Gasteiger partial charge in [-0.1, -0.05) is 12.1 Å². The summed E-state index contributed by atoms with van der Waals surface area (Å²) < 4.78 is 5.74. The molecule has 21 heavy (non-hydrogen) atoms. The van der Waals surface area contributed by atoms with Crippen molar-refractivity contribution in [1.82, 2.24) is 15.5 Å². The lowest BCUT2D eigenvalue weighted by molar-refractivity contribution is 0.199. The van der Waals surface area contributed by atoms with E-state index in [-0.39, 0.29) is 11.6 Å². The van der Waals surface area contributed by atoms with Gasteiger partial charge in [-0.3, -0.25) is 0 Å².